The normalized spacial score (nSPS) is 40.3. The van der Waals surface area contributed by atoms with Crippen LogP contribution in [0.15, 0.2) is 0 Å². The van der Waals surface area contributed by atoms with E-state index in [0.29, 0.717) is 11.8 Å². The standard InChI is InChI=1S/C11H15NO2/c1-12-10-5-7-3-9(11(13)14-2)4-8(7)6-10/h7-10H,3-6H2,2H3. The molecule has 0 aliphatic heterocycles. The molecule has 0 aromatic carbocycles. The molecule has 3 nitrogen and oxygen atoms in total. The zero-order chi connectivity index (χ0) is 10.1. The second-order valence-electron chi connectivity index (χ2n) is 4.47. The summed E-state index contributed by atoms with van der Waals surface area (Å²) in [5.41, 5.74) is 0. The van der Waals surface area contributed by atoms with Crippen molar-refractivity contribution in [1.29, 1.82) is 0 Å². The fourth-order valence-corrected chi connectivity index (χ4v) is 3.05. The highest BCUT2D eigenvalue weighted by Crippen LogP contribution is 2.47. The number of hydrogen-bond acceptors (Lipinski definition) is 2. The van der Waals surface area contributed by atoms with Gasteiger partial charge in [-0.25, -0.2) is 6.57 Å². The van der Waals surface area contributed by atoms with E-state index in [2.05, 4.69) is 4.85 Å². The molecule has 0 amide bonds. The molecule has 0 N–H and O–H groups in total. The molecule has 0 saturated heterocycles. The van der Waals surface area contributed by atoms with E-state index < -0.39 is 0 Å². The van der Waals surface area contributed by atoms with E-state index in [-0.39, 0.29) is 17.9 Å². The summed E-state index contributed by atoms with van der Waals surface area (Å²) in [6.07, 6.45) is 3.90. The monoisotopic (exact) mass is 193 g/mol. The molecule has 2 aliphatic rings. The van der Waals surface area contributed by atoms with Gasteiger partial charge in [0.1, 0.15) is 0 Å². The highest BCUT2D eigenvalue weighted by Gasteiger charge is 2.46. The van der Waals surface area contributed by atoms with Crippen molar-refractivity contribution in [1.82, 2.24) is 0 Å². The number of fused-ring (bicyclic) bond motifs is 1. The lowest BCUT2D eigenvalue weighted by Gasteiger charge is -2.07. The molecule has 0 heterocycles. The molecule has 14 heavy (non-hydrogen) atoms. The van der Waals surface area contributed by atoms with Crippen molar-refractivity contribution in [2.24, 2.45) is 17.8 Å². The highest BCUT2D eigenvalue weighted by atomic mass is 16.5. The Labute approximate surface area is 84.3 Å². The van der Waals surface area contributed by atoms with Gasteiger partial charge in [-0.3, -0.25) is 4.79 Å². The van der Waals surface area contributed by atoms with E-state index in [0.717, 1.165) is 25.7 Å². The minimum absolute atomic E-state index is 0.0567. The summed E-state index contributed by atoms with van der Waals surface area (Å²) < 4.78 is 4.75. The van der Waals surface area contributed by atoms with Crippen molar-refractivity contribution in [3.8, 4) is 0 Å². The molecule has 76 valence electrons. The molecular formula is C11H15NO2. The number of methoxy groups -OCH3 is 1. The van der Waals surface area contributed by atoms with Crippen molar-refractivity contribution in [2.75, 3.05) is 7.11 Å². The summed E-state index contributed by atoms with van der Waals surface area (Å²) in [7, 11) is 1.46. The highest BCUT2D eigenvalue weighted by molar-refractivity contribution is 5.72. The Morgan fingerprint density at radius 1 is 1.29 bits per heavy atom. The number of nitrogens with zero attached hydrogens (tertiary/aromatic N) is 1. The second-order valence-corrected chi connectivity index (χ2v) is 4.47. The Morgan fingerprint density at radius 2 is 1.86 bits per heavy atom. The van der Waals surface area contributed by atoms with Gasteiger partial charge >= 0.3 is 5.97 Å². The van der Waals surface area contributed by atoms with Crippen LogP contribution in [0.4, 0.5) is 0 Å². The van der Waals surface area contributed by atoms with E-state index in [9.17, 15) is 4.79 Å². The first-order chi connectivity index (χ1) is 6.74. The Hall–Kier alpha value is -1.04. The van der Waals surface area contributed by atoms with Crippen LogP contribution in [0.2, 0.25) is 0 Å². The van der Waals surface area contributed by atoms with Crippen LogP contribution in [0.3, 0.4) is 0 Å². The van der Waals surface area contributed by atoms with E-state index in [4.69, 9.17) is 11.3 Å². The van der Waals surface area contributed by atoms with Crippen molar-refractivity contribution in [3.05, 3.63) is 11.4 Å². The maximum atomic E-state index is 11.3. The maximum Gasteiger partial charge on any atom is 0.308 e. The summed E-state index contributed by atoms with van der Waals surface area (Å²) in [4.78, 5) is 14.9. The third kappa shape index (κ3) is 1.50. The Balaban J connectivity index is 1.94. The van der Waals surface area contributed by atoms with Crippen molar-refractivity contribution in [3.63, 3.8) is 0 Å². The van der Waals surface area contributed by atoms with Crippen LogP contribution in [0.1, 0.15) is 25.7 Å². The van der Waals surface area contributed by atoms with E-state index in [1.807, 2.05) is 0 Å². The lowest BCUT2D eigenvalue weighted by atomic mass is 10.0. The SMILES string of the molecule is [C-]#[N+]C1CC2CC(C(=O)OC)CC2C1. The smallest absolute Gasteiger partial charge is 0.308 e. The van der Waals surface area contributed by atoms with Gasteiger partial charge in [-0.2, -0.15) is 0 Å². The van der Waals surface area contributed by atoms with Gasteiger partial charge in [0.25, 0.3) is 0 Å². The molecule has 0 aromatic rings. The van der Waals surface area contributed by atoms with Crippen LogP contribution in [0.25, 0.3) is 4.85 Å². The van der Waals surface area contributed by atoms with Gasteiger partial charge in [0, 0.05) is 12.8 Å². The Kier molecular flexibility index (Phi) is 2.45. The second kappa shape index (κ2) is 3.61. The minimum Gasteiger partial charge on any atom is -0.469 e. The lowest BCUT2D eigenvalue weighted by molar-refractivity contribution is -0.145. The maximum absolute atomic E-state index is 11.3. The van der Waals surface area contributed by atoms with E-state index in [1.54, 1.807) is 0 Å². The molecule has 0 bridgehead atoms. The molecule has 3 heteroatoms. The predicted molar refractivity (Wildman–Crippen MR) is 51.3 cm³/mol. The average Bonchev–Trinajstić information content (AvgIpc) is 2.72. The quantitative estimate of drug-likeness (QED) is 0.470. The molecular weight excluding hydrogens is 178 g/mol. The third-order valence-corrected chi connectivity index (χ3v) is 3.71. The zero-order valence-corrected chi connectivity index (χ0v) is 8.40. The van der Waals surface area contributed by atoms with Crippen LogP contribution in [0, 0.1) is 24.3 Å². The summed E-state index contributed by atoms with van der Waals surface area (Å²) in [5.74, 6) is 1.27. The third-order valence-electron chi connectivity index (χ3n) is 3.71. The topological polar surface area (TPSA) is 30.7 Å². The first-order valence-corrected chi connectivity index (χ1v) is 5.19. The number of ether oxygens (including phenoxy) is 1. The molecule has 2 saturated carbocycles. The predicted octanol–water partition coefficient (Wildman–Crippen LogP) is 1.88. The average molecular weight is 193 g/mol. The number of carbonyl (C=O) groups excluding carboxylic acids is 1. The first-order valence-electron chi connectivity index (χ1n) is 5.19. The van der Waals surface area contributed by atoms with Gasteiger partial charge < -0.3 is 9.58 Å². The molecule has 2 rings (SSSR count). The lowest BCUT2D eigenvalue weighted by Crippen LogP contribution is -2.14. The number of esters is 1. The minimum atomic E-state index is -0.0567. The first kappa shape index (κ1) is 9.51. The van der Waals surface area contributed by atoms with Gasteiger partial charge in [0.15, 0.2) is 0 Å². The van der Waals surface area contributed by atoms with Gasteiger partial charge in [0.2, 0.25) is 6.04 Å². The number of rotatable bonds is 1. The van der Waals surface area contributed by atoms with E-state index >= 15 is 0 Å². The van der Waals surface area contributed by atoms with Crippen LogP contribution in [-0.4, -0.2) is 19.1 Å². The summed E-state index contributed by atoms with van der Waals surface area (Å²) >= 11 is 0. The van der Waals surface area contributed by atoms with Crippen LogP contribution in [-0.2, 0) is 9.53 Å². The van der Waals surface area contributed by atoms with Gasteiger partial charge in [0.05, 0.1) is 13.0 Å². The molecule has 2 aliphatic carbocycles. The largest absolute Gasteiger partial charge is 0.469 e. The van der Waals surface area contributed by atoms with Crippen LogP contribution in [0.5, 0.6) is 0 Å². The van der Waals surface area contributed by atoms with Crippen molar-refractivity contribution >= 4 is 5.97 Å². The molecule has 2 unspecified atom stereocenters. The molecule has 2 atom stereocenters. The number of hydrogen-bond donors (Lipinski definition) is 0. The fourth-order valence-electron chi connectivity index (χ4n) is 3.05. The zero-order valence-electron chi connectivity index (χ0n) is 8.40. The van der Waals surface area contributed by atoms with E-state index in [1.165, 1.54) is 7.11 Å². The van der Waals surface area contributed by atoms with Gasteiger partial charge in [-0.05, 0) is 24.7 Å². The Bertz CT molecular complexity index is 268. The van der Waals surface area contributed by atoms with Crippen LogP contribution < -0.4 is 0 Å². The van der Waals surface area contributed by atoms with Crippen molar-refractivity contribution < 1.29 is 9.53 Å². The fraction of sp³-hybridized carbons (Fsp3) is 0.818. The molecule has 0 aromatic heterocycles. The summed E-state index contributed by atoms with van der Waals surface area (Å²) in [6, 6.07) is 0.226. The van der Waals surface area contributed by atoms with Crippen molar-refractivity contribution in [2.45, 2.75) is 31.7 Å². The van der Waals surface area contributed by atoms with Crippen LogP contribution >= 0.6 is 0 Å². The summed E-state index contributed by atoms with van der Waals surface area (Å²) in [6.45, 7) is 6.98. The molecule has 2 fully saturated rings. The number of carbonyl (C=O) groups is 1. The van der Waals surface area contributed by atoms with Gasteiger partial charge in [-0.15, -0.1) is 0 Å². The van der Waals surface area contributed by atoms with Gasteiger partial charge in [-0.1, -0.05) is 0 Å². The Morgan fingerprint density at radius 3 is 2.29 bits per heavy atom. The summed E-state index contributed by atoms with van der Waals surface area (Å²) in [5, 5.41) is 0. The molecule has 0 radical (unpaired) electrons. The molecule has 0 spiro atoms.